The molecule has 2 amide bonds. The third-order valence-corrected chi connectivity index (χ3v) is 5.84. The molecule has 0 radical (unpaired) electrons. The van der Waals surface area contributed by atoms with Gasteiger partial charge >= 0.3 is 5.97 Å². The minimum atomic E-state index is -0.236. The molecule has 3 atom stereocenters. The van der Waals surface area contributed by atoms with Crippen molar-refractivity contribution in [2.24, 2.45) is 17.8 Å². The van der Waals surface area contributed by atoms with Crippen LogP contribution >= 0.6 is 0 Å². The van der Waals surface area contributed by atoms with Crippen molar-refractivity contribution < 1.29 is 19.1 Å². The number of likely N-dealkylation sites (tertiary alicyclic amines) is 1. The zero-order valence-electron chi connectivity index (χ0n) is 17.0. The molecule has 0 spiro atoms. The molecule has 5 heteroatoms. The van der Waals surface area contributed by atoms with E-state index in [1.165, 1.54) is 17.7 Å². The van der Waals surface area contributed by atoms with E-state index in [2.05, 4.69) is 13.8 Å². The van der Waals surface area contributed by atoms with Crippen LogP contribution in [0.3, 0.4) is 0 Å². The van der Waals surface area contributed by atoms with Crippen LogP contribution in [0.25, 0.3) is 0 Å². The van der Waals surface area contributed by atoms with Crippen LogP contribution in [0, 0.1) is 17.8 Å². The number of carbonyl (C=O) groups excluding carboxylic acids is 3. The molecule has 27 heavy (non-hydrogen) atoms. The van der Waals surface area contributed by atoms with Gasteiger partial charge in [-0.3, -0.25) is 19.3 Å². The van der Waals surface area contributed by atoms with E-state index in [1.54, 1.807) is 0 Å². The van der Waals surface area contributed by atoms with Crippen molar-refractivity contribution in [1.82, 2.24) is 4.90 Å². The van der Waals surface area contributed by atoms with Gasteiger partial charge in [-0.2, -0.15) is 0 Å². The Bertz CT molecular complexity index is 542. The standard InChI is InChI=1S/C22H35NO4/c1-3-5-11-17(4-2)16-27-20(24)14-7-6-10-15-23-21(25)18-12-8-9-13-19(18)22(23)26/h8,12,17-19H,3-7,9-11,13-16H2,1-2H3. The number of hydrogen-bond donors (Lipinski definition) is 0. The minimum absolute atomic E-state index is 0.00792. The average molecular weight is 378 g/mol. The molecule has 0 aromatic heterocycles. The Morgan fingerprint density at radius 1 is 1.19 bits per heavy atom. The Morgan fingerprint density at radius 3 is 2.70 bits per heavy atom. The number of carbonyl (C=O) groups is 3. The normalized spacial score (nSPS) is 22.8. The molecule has 1 saturated heterocycles. The lowest BCUT2D eigenvalue weighted by Crippen LogP contribution is -2.32. The van der Waals surface area contributed by atoms with E-state index in [4.69, 9.17) is 4.74 Å². The van der Waals surface area contributed by atoms with Gasteiger partial charge in [0, 0.05) is 13.0 Å². The van der Waals surface area contributed by atoms with Gasteiger partial charge in [-0.15, -0.1) is 0 Å². The van der Waals surface area contributed by atoms with Gasteiger partial charge < -0.3 is 4.74 Å². The Labute approximate surface area is 163 Å². The van der Waals surface area contributed by atoms with E-state index in [-0.39, 0.29) is 29.6 Å². The van der Waals surface area contributed by atoms with Crippen molar-refractivity contribution in [1.29, 1.82) is 0 Å². The average Bonchev–Trinajstić information content (AvgIpc) is 2.93. The predicted octanol–water partition coefficient (Wildman–Crippen LogP) is 4.26. The van der Waals surface area contributed by atoms with Crippen LogP contribution in [0.4, 0.5) is 0 Å². The molecular weight excluding hydrogens is 342 g/mol. The number of rotatable bonds is 12. The number of imide groups is 1. The lowest BCUT2D eigenvalue weighted by Gasteiger charge is -2.15. The van der Waals surface area contributed by atoms with Crippen LogP contribution in [0.15, 0.2) is 12.2 Å². The van der Waals surface area contributed by atoms with Crippen molar-refractivity contribution in [3.63, 3.8) is 0 Å². The highest BCUT2D eigenvalue weighted by Gasteiger charge is 2.46. The molecule has 0 aromatic rings. The fraction of sp³-hybridized carbons (Fsp3) is 0.773. The van der Waals surface area contributed by atoms with E-state index < -0.39 is 0 Å². The molecule has 1 aliphatic heterocycles. The molecular formula is C22H35NO4. The summed E-state index contributed by atoms with van der Waals surface area (Å²) in [4.78, 5) is 38.0. The summed E-state index contributed by atoms with van der Waals surface area (Å²) in [6.45, 7) is 5.32. The lowest BCUT2D eigenvalue weighted by atomic mass is 9.86. The molecule has 2 rings (SSSR count). The first kappa shape index (κ1) is 21.6. The summed E-state index contributed by atoms with van der Waals surface area (Å²) in [6, 6.07) is 0. The van der Waals surface area contributed by atoms with Gasteiger partial charge in [0.25, 0.3) is 0 Å². The van der Waals surface area contributed by atoms with Crippen molar-refractivity contribution in [3.8, 4) is 0 Å². The number of allylic oxidation sites excluding steroid dienone is 1. The number of nitrogens with zero attached hydrogens (tertiary/aromatic N) is 1. The van der Waals surface area contributed by atoms with Gasteiger partial charge in [-0.1, -0.05) is 51.7 Å². The number of unbranched alkanes of at least 4 members (excludes halogenated alkanes) is 3. The highest BCUT2D eigenvalue weighted by Crippen LogP contribution is 2.34. The summed E-state index contributed by atoms with van der Waals surface area (Å²) in [5, 5.41) is 0. The summed E-state index contributed by atoms with van der Waals surface area (Å²) < 4.78 is 5.41. The van der Waals surface area contributed by atoms with Gasteiger partial charge in [-0.05, 0) is 38.0 Å². The quantitative estimate of drug-likeness (QED) is 0.221. The third-order valence-electron chi connectivity index (χ3n) is 5.84. The van der Waals surface area contributed by atoms with Crippen molar-refractivity contribution in [2.75, 3.05) is 13.2 Å². The minimum Gasteiger partial charge on any atom is -0.465 e. The number of amides is 2. The molecule has 5 nitrogen and oxygen atoms in total. The molecule has 0 saturated carbocycles. The Hall–Kier alpha value is -1.65. The lowest BCUT2D eigenvalue weighted by molar-refractivity contribution is -0.145. The van der Waals surface area contributed by atoms with E-state index in [9.17, 15) is 14.4 Å². The maximum atomic E-state index is 12.4. The van der Waals surface area contributed by atoms with Gasteiger partial charge in [0.15, 0.2) is 0 Å². The molecule has 1 heterocycles. The highest BCUT2D eigenvalue weighted by molar-refractivity contribution is 6.06. The number of ether oxygens (including phenoxy) is 1. The van der Waals surface area contributed by atoms with E-state index in [1.807, 2.05) is 12.2 Å². The molecule has 1 aliphatic carbocycles. The molecule has 3 unspecified atom stereocenters. The highest BCUT2D eigenvalue weighted by atomic mass is 16.5. The first-order chi connectivity index (χ1) is 13.1. The second-order valence-electron chi connectivity index (χ2n) is 7.88. The third kappa shape index (κ3) is 6.18. The summed E-state index contributed by atoms with van der Waals surface area (Å²) >= 11 is 0. The van der Waals surface area contributed by atoms with E-state index >= 15 is 0 Å². The smallest absolute Gasteiger partial charge is 0.305 e. The van der Waals surface area contributed by atoms with Crippen LogP contribution in [-0.2, 0) is 19.1 Å². The van der Waals surface area contributed by atoms with E-state index in [0.29, 0.717) is 25.5 Å². The van der Waals surface area contributed by atoms with Gasteiger partial charge in [0.2, 0.25) is 11.8 Å². The number of fused-ring (bicyclic) bond motifs is 1. The molecule has 0 N–H and O–H groups in total. The predicted molar refractivity (Wildman–Crippen MR) is 105 cm³/mol. The summed E-state index contributed by atoms with van der Waals surface area (Å²) in [5.74, 6) is -0.0882. The maximum absolute atomic E-state index is 12.4. The number of esters is 1. The Balaban J connectivity index is 1.59. The Morgan fingerprint density at radius 2 is 2.00 bits per heavy atom. The van der Waals surface area contributed by atoms with Crippen molar-refractivity contribution >= 4 is 17.8 Å². The van der Waals surface area contributed by atoms with Crippen LogP contribution < -0.4 is 0 Å². The molecule has 152 valence electrons. The van der Waals surface area contributed by atoms with Crippen LogP contribution in [0.5, 0.6) is 0 Å². The molecule has 2 aliphatic rings. The molecule has 1 fully saturated rings. The van der Waals surface area contributed by atoms with Crippen LogP contribution in [0.2, 0.25) is 0 Å². The van der Waals surface area contributed by atoms with Crippen LogP contribution in [0.1, 0.15) is 78.1 Å². The summed E-state index contributed by atoms with van der Waals surface area (Å²) in [5.41, 5.74) is 0. The van der Waals surface area contributed by atoms with E-state index in [0.717, 1.165) is 44.9 Å². The first-order valence-electron chi connectivity index (χ1n) is 10.8. The maximum Gasteiger partial charge on any atom is 0.305 e. The molecule has 0 bridgehead atoms. The number of hydrogen-bond acceptors (Lipinski definition) is 4. The van der Waals surface area contributed by atoms with Gasteiger partial charge in [-0.25, -0.2) is 0 Å². The van der Waals surface area contributed by atoms with Crippen molar-refractivity contribution in [3.05, 3.63) is 12.2 Å². The van der Waals surface area contributed by atoms with Crippen molar-refractivity contribution in [2.45, 2.75) is 78.1 Å². The first-order valence-corrected chi connectivity index (χ1v) is 10.8. The second-order valence-corrected chi connectivity index (χ2v) is 7.88. The van der Waals surface area contributed by atoms with Crippen LogP contribution in [-0.4, -0.2) is 35.8 Å². The SMILES string of the molecule is CCCCC(CC)COC(=O)CCCCCN1C(=O)C2C=CCCC2C1=O. The van der Waals surface area contributed by atoms with Gasteiger partial charge in [0.05, 0.1) is 18.4 Å². The fourth-order valence-corrected chi connectivity index (χ4v) is 3.97. The summed E-state index contributed by atoms with van der Waals surface area (Å²) in [7, 11) is 0. The van der Waals surface area contributed by atoms with Gasteiger partial charge in [0.1, 0.15) is 0 Å². The largest absolute Gasteiger partial charge is 0.465 e. The summed E-state index contributed by atoms with van der Waals surface area (Å²) in [6.07, 6.45) is 12.8. The zero-order valence-corrected chi connectivity index (χ0v) is 17.0. The molecule has 0 aromatic carbocycles. The second kappa shape index (κ2) is 11.3. The Kier molecular flexibility index (Phi) is 9.02. The topological polar surface area (TPSA) is 63.7 Å². The zero-order chi connectivity index (χ0) is 19.6. The fourth-order valence-electron chi connectivity index (χ4n) is 3.97. The monoisotopic (exact) mass is 377 g/mol.